The molecule has 0 saturated carbocycles. The van der Waals surface area contributed by atoms with Crippen LogP contribution in [0.5, 0.6) is 0 Å². The molecule has 1 aromatic rings. The van der Waals surface area contributed by atoms with Gasteiger partial charge in [0.1, 0.15) is 6.10 Å². The number of carbonyl (C=O) groups is 2. The summed E-state index contributed by atoms with van der Waals surface area (Å²) in [7, 11) is -4.00. The predicted octanol–water partition coefficient (Wildman–Crippen LogP) is -0.560. The van der Waals surface area contributed by atoms with Crippen molar-refractivity contribution in [1.82, 2.24) is 4.31 Å². The van der Waals surface area contributed by atoms with Crippen molar-refractivity contribution in [2.24, 2.45) is 0 Å². The molecule has 1 aromatic carbocycles. The first-order valence-electron chi connectivity index (χ1n) is 6.68. The molecule has 1 heterocycles. The van der Waals surface area contributed by atoms with Crippen LogP contribution in [0.4, 0.5) is 0 Å². The maximum atomic E-state index is 12.6. The van der Waals surface area contributed by atoms with Crippen molar-refractivity contribution < 1.29 is 27.9 Å². The van der Waals surface area contributed by atoms with Crippen molar-refractivity contribution in [1.29, 1.82) is 0 Å². The third-order valence-corrected chi connectivity index (χ3v) is 5.34. The first-order valence-corrected chi connectivity index (χ1v) is 8.12. The second kappa shape index (κ2) is 6.05. The van der Waals surface area contributed by atoms with Crippen molar-refractivity contribution in [2.45, 2.75) is 37.3 Å². The van der Waals surface area contributed by atoms with Gasteiger partial charge in [-0.3, -0.25) is 4.79 Å². The molecular weight excluding hydrogens is 310 g/mol. The number of carbonyl (C=O) groups excluding carboxylic acids is 2. The van der Waals surface area contributed by atoms with E-state index in [1.807, 2.05) is 6.92 Å². The minimum atomic E-state index is -4.00. The van der Waals surface area contributed by atoms with E-state index in [0.717, 1.165) is 9.87 Å². The van der Waals surface area contributed by atoms with Gasteiger partial charge in [0.05, 0.1) is 23.5 Å². The Labute approximate surface area is 128 Å². The molecule has 0 aromatic heterocycles. The zero-order valence-electron chi connectivity index (χ0n) is 12.2. The Kier molecular flexibility index (Phi) is 4.52. The third kappa shape index (κ3) is 3.28. The molecule has 0 unspecified atom stereocenters. The number of aliphatic carboxylic acids is 1. The summed E-state index contributed by atoms with van der Waals surface area (Å²) in [5.41, 5.74) is 0.884. The van der Waals surface area contributed by atoms with E-state index in [4.69, 9.17) is 4.74 Å². The number of sulfonamides is 1. The van der Waals surface area contributed by atoms with E-state index < -0.39 is 34.1 Å². The number of carboxylic acids is 1. The van der Waals surface area contributed by atoms with Crippen LogP contribution in [0.25, 0.3) is 0 Å². The van der Waals surface area contributed by atoms with Gasteiger partial charge in [0, 0.05) is 13.3 Å². The number of benzene rings is 1. The number of hydrogen-bond donors (Lipinski definition) is 0. The van der Waals surface area contributed by atoms with E-state index in [1.165, 1.54) is 19.1 Å². The van der Waals surface area contributed by atoms with Gasteiger partial charge in [-0.15, -0.1) is 0 Å². The molecule has 22 heavy (non-hydrogen) atoms. The fraction of sp³-hybridized carbons (Fsp3) is 0.429. The largest absolute Gasteiger partial charge is 0.548 e. The second-order valence-electron chi connectivity index (χ2n) is 5.19. The monoisotopic (exact) mass is 326 g/mol. The molecule has 0 amide bonds. The maximum absolute atomic E-state index is 12.6. The lowest BCUT2D eigenvalue weighted by Crippen LogP contribution is -2.46. The van der Waals surface area contributed by atoms with Crippen molar-refractivity contribution >= 4 is 22.0 Å². The average molecular weight is 326 g/mol. The average Bonchev–Trinajstić information content (AvgIpc) is 2.83. The SMILES string of the molecule is CC(=O)O[C@@H]1C[C@H](C(=O)[O-])N(S(=O)(=O)c2ccc(C)cc2)C1. The molecule has 8 heteroatoms. The highest BCUT2D eigenvalue weighted by Crippen LogP contribution is 2.27. The highest BCUT2D eigenvalue weighted by atomic mass is 32.2. The Hall–Kier alpha value is -1.93. The van der Waals surface area contributed by atoms with Gasteiger partial charge < -0.3 is 14.6 Å². The molecule has 0 aliphatic carbocycles. The van der Waals surface area contributed by atoms with E-state index in [-0.39, 0.29) is 17.9 Å². The first-order chi connectivity index (χ1) is 10.2. The molecule has 1 saturated heterocycles. The van der Waals surface area contributed by atoms with Crippen molar-refractivity contribution in [3.63, 3.8) is 0 Å². The van der Waals surface area contributed by atoms with Crippen LogP contribution in [0.1, 0.15) is 18.9 Å². The third-order valence-electron chi connectivity index (χ3n) is 3.45. The Morgan fingerprint density at radius 1 is 1.27 bits per heavy atom. The summed E-state index contributed by atoms with van der Waals surface area (Å²) in [6.07, 6.45) is -0.909. The van der Waals surface area contributed by atoms with Crippen molar-refractivity contribution in [3.05, 3.63) is 29.8 Å². The van der Waals surface area contributed by atoms with Crippen LogP contribution in [0.2, 0.25) is 0 Å². The molecule has 2 atom stereocenters. The Morgan fingerprint density at radius 3 is 2.36 bits per heavy atom. The van der Waals surface area contributed by atoms with Crippen molar-refractivity contribution in [3.8, 4) is 0 Å². The smallest absolute Gasteiger partial charge is 0.302 e. The molecule has 7 nitrogen and oxygen atoms in total. The molecule has 1 aliphatic rings. The van der Waals surface area contributed by atoms with Gasteiger partial charge in [0.25, 0.3) is 0 Å². The molecule has 1 aliphatic heterocycles. The van der Waals surface area contributed by atoms with Crippen LogP contribution >= 0.6 is 0 Å². The van der Waals surface area contributed by atoms with E-state index in [2.05, 4.69) is 0 Å². The van der Waals surface area contributed by atoms with E-state index >= 15 is 0 Å². The summed E-state index contributed by atoms with van der Waals surface area (Å²) >= 11 is 0. The molecule has 120 valence electrons. The Morgan fingerprint density at radius 2 is 1.86 bits per heavy atom. The van der Waals surface area contributed by atoms with Gasteiger partial charge in [0.2, 0.25) is 10.0 Å². The zero-order chi connectivity index (χ0) is 16.5. The van der Waals surface area contributed by atoms with Gasteiger partial charge in [-0.1, -0.05) is 17.7 Å². The van der Waals surface area contributed by atoms with Gasteiger partial charge in [0.15, 0.2) is 0 Å². The minimum Gasteiger partial charge on any atom is -0.548 e. The second-order valence-corrected chi connectivity index (χ2v) is 7.08. The normalized spacial score (nSPS) is 22.5. The summed E-state index contributed by atoms with van der Waals surface area (Å²) < 4.78 is 30.9. The quantitative estimate of drug-likeness (QED) is 0.687. The van der Waals surface area contributed by atoms with Gasteiger partial charge >= 0.3 is 5.97 Å². The minimum absolute atomic E-state index is 0.00664. The van der Waals surface area contributed by atoms with Crippen LogP contribution in [0.15, 0.2) is 29.2 Å². The molecule has 0 N–H and O–H groups in total. The van der Waals surface area contributed by atoms with E-state index in [0.29, 0.717) is 0 Å². The van der Waals surface area contributed by atoms with Crippen molar-refractivity contribution in [2.75, 3.05) is 6.54 Å². The molecule has 1 fully saturated rings. The predicted molar refractivity (Wildman–Crippen MR) is 74.0 cm³/mol. The summed E-state index contributed by atoms with van der Waals surface area (Å²) in [5, 5.41) is 11.2. The van der Waals surface area contributed by atoms with Crippen LogP contribution in [0.3, 0.4) is 0 Å². The number of hydrogen-bond acceptors (Lipinski definition) is 6. The van der Waals surface area contributed by atoms with Crippen LogP contribution in [-0.4, -0.2) is 43.4 Å². The number of aryl methyl sites for hydroxylation is 1. The summed E-state index contributed by atoms with van der Waals surface area (Å²) in [4.78, 5) is 22.2. The fourth-order valence-corrected chi connectivity index (χ4v) is 4.03. The standard InChI is InChI=1S/C14H17NO6S/c1-9-3-5-12(6-4-9)22(19,20)15-8-11(21-10(2)16)7-13(15)14(17)18/h3-6,11,13H,7-8H2,1-2H3,(H,17,18)/p-1/t11-,13-/m1/s1. The zero-order valence-corrected chi connectivity index (χ0v) is 13.0. The topological polar surface area (TPSA) is 104 Å². The van der Waals surface area contributed by atoms with E-state index in [9.17, 15) is 23.1 Å². The van der Waals surface area contributed by atoms with Gasteiger partial charge in [-0.25, -0.2) is 8.42 Å². The lowest BCUT2D eigenvalue weighted by molar-refractivity contribution is -0.309. The number of esters is 1. The first kappa shape index (κ1) is 16.4. The summed E-state index contributed by atoms with van der Waals surface area (Å²) in [6, 6.07) is 4.73. The fourth-order valence-electron chi connectivity index (χ4n) is 2.41. The number of rotatable bonds is 4. The highest BCUT2D eigenvalue weighted by Gasteiger charge is 2.42. The number of carboxylic acid groups (broad SMARTS) is 1. The lowest BCUT2D eigenvalue weighted by Gasteiger charge is -2.24. The van der Waals surface area contributed by atoms with Gasteiger partial charge in [-0.05, 0) is 19.1 Å². The number of nitrogens with zero attached hydrogens (tertiary/aromatic N) is 1. The van der Waals surface area contributed by atoms with Crippen LogP contribution in [0, 0.1) is 6.92 Å². The molecule has 2 rings (SSSR count). The Bertz CT molecular complexity index is 682. The molecule has 0 spiro atoms. The maximum Gasteiger partial charge on any atom is 0.302 e. The highest BCUT2D eigenvalue weighted by molar-refractivity contribution is 7.89. The van der Waals surface area contributed by atoms with Gasteiger partial charge in [-0.2, -0.15) is 4.31 Å². The summed E-state index contributed by atoms with van der Waals surface area (Å²) in [5.74, 6) is -2.10. The molecule has 0 radical (unpaired) electrons. The van der Waals surface area contributed by atoms with E-state index in [1.54, 1.807) is 12.1 Å². The summed E-state index contributed by atoms with van der Waals surface area (Å²) in [6.45, 7) is 2.80. The lowest BCUT2D eigenvalue weighted by atomic mass is 10.2. The van der Waals surface area contributed by atoms with Crippen LogP contribution < -0.4 is 5.11 Å². The number of ether oxygens (including phenoxy) is 1. The molecular formula is C14H16NO6S-. The Balaban J connectivity index is 2.33. The molecule has 0 bridgehead atoms. The van der Waals surface area contributed by atoms with Crippen LogP contribution in [-0.2, 0) is 24.3 Å².